The van der Waals surface area contributed by atoms with Crippen LogP contribution in [0.5, 0.6) is 5.75 Å². The molecule has 1 saturated carbocycles. The number of piperidine rings is 2. The molecule has 1 aliphatic carbocycles. The number of nitrogens with one attached hydrogen (secondary N) is 3. The van der Waals surface area contributed by atoms with E-state index in [9.17, 15) is 29.2 Å². The number of piperazine rings is 1. The Morgan fingerprint density at radius 2 is 1.55 bits per heavy atom. The molecule has 336 valence electrons. The number of fused-ring (bicyclic) bond motifs is 1. The number of anilines is 2. The van der Waals surface area contributed by atoms with E-state index in [2.05, 4.69) is 31.8 Å². The maximum Gasteiger partial charge on any atom is 0.254 e. The highest BCUT2D eigenvalue weighted by Crippen LogP contribution is 2.56. The normalized spacial score (nSPS) is 22.3. The number of pyridine rings is 1. The second-order valence-electron chi connectivity index (χ2n) is 18.8. The molecule has 1 atom stereocenters. The number of carbonyl (C=O) groups is 4. The Labute approximate surface area is 370 Å². The Kier molecular flexibility index (Phi) is 12.0. The summed E-state index contributed by atoms with van der Waals surface area (Å²) in [6.45, 7) is 13.3. The number of carbonyl (C=O) groups excluding carboxylic acids is 4. The first kappa shape index (κ1) is 44.3. The Bertz CT molecular complexity index is 2610. The van der Waals surface area contributed by atoms with Gasteiger partial charge in [0.1, 0.15) is 35.6 Å². The van der Waals surface area contributed by atoms with E-state index in [1.807, 2.05) is 32.6 Å². The molecule has 0 radical (unpaired) electrons. The minimum atomic E-state index is -0.887. The highest BCUT2D eigenvalue weighted by molar-refractivity contribution is 6.04. The monoisotopic (exact) mass is 876 g/mol. The zero-order valence-electron chi connectivity index (χ0n) is 36.8. The Morgan fingerprint density at radius 3 is 2.20 bits per heavy atom. The fourth-order valence-corrected chi connectivity index (χ4v) is 10.6. The molecule has 0 bridgehead atoms. The summed E-state index contributed by atoms with van der Waals surface area (Å²) in [7, 11) is 1.63. The quantitative estimate of drug-likeness (QED) is 0.187. The molecule has 14 nitrogen and oxygen atoms in total. The molecule has 64 heavy (non-hydrogen) atoms. The van der Waals surface area contributed by atoms with E-state index in [4.69, 9.17) is 4.74 Å². The summed E-state index contributed by atoms with van der Waals surface area (Å²) in [5.41, 5.74) is 0.817. The standard InChI is InChI=1S/C48H54F2N8O6/c1-47(2)45(48(3,4)46(47)64-38-13-7-30(26-51)41-33(38)10-15-40(60)55(41)5)54-42(61)29-6-12-37(35(50)24-29)58-18-16-28(17-19-58)27-56-20-22-57(23-21-56)31-8-9-32(34(49)25-31)43(62)52-36-11-14-39(59)53-44(36)63/h6-10,12-13,15,24-25,28,36,45-46H,11,14,16-23,27H2,1-5H3,(H,52,62)(H,54,61)(H,53,59,63)/t36-,45?,46?/m0/s1. The summed E-state index contributed by atoms with van der Waals surface area (Å²) in [6.07, 6.45) is 1.72. The van der Waals surface area contributed by atoms with Crippen LogP contribution >= 0.6 is 0 Å². The first-order valence-corrected chi connectivity index (χ1v) is 21.9. The fraction of sp³-hybridized carbons (Fsp3) is 0.458. The van der Waals surface area contributed by atoms with E-state index in [1.54, 1.807) is 43.4 Å². The van der Waals surface area contributed by atoms with Crippen molar-refractivity contribution in [3.63, 3.8) is 0 Å². The van der Waals surface area contributed by atoms with Crippen LogP contribution in [0.2, 0.25) is 0 Å². The van der Waals surface area contributed by atoms with Gasteiger partial charge in [-0.25, -0.2) is 8.78 Å². The molecule has 3 saturated heterocycles. The van der Waals surface area contributed by atoms with Gasteiger partial charge < -0.3 is 29.7 Å². The largest absolute Gasteiger partial charge is 0.488 e. The van der Waals surface area contributed by atoms with Crippen molar-refractivity contribution in [1.82, 2.24) is 25.4 Å². The molecule has 16 heteroatoms. The second-order valence-corrected chi connectivity index (χ2v) is 18.8. The molecule has 4 amide bonds. The number of hydrogen-bond acceptors (Lipinski definition) is 10. The van der Waals surface area contributed by atoms with E-state index < -0.39 is 46.2 Å². The van der Waals surface area contributed by atoms with E-state index in [0.29, 0.717) is 65.7 Å². The molecular formula is C48H54F2N8O6. The van der Waals surface area contributed by atoms with Gasteiger partial charge in [0.25, 0.3) is 17.4 Å². The molecule has 3 aliphatic heterocycles. The van der Waals surface area contributed by atoms with Crippen molar-refractivity contribution in [2.24, 2.45) is 23.8 Å². The van der Waals surface area contributed by atoms with Crippen molar-refractivity contribution < 1.29 is 32.7 Å². The summed E-state index contributed by atoms with van der Waals surface area (Å²) in [5.74, 6) is -2.22. The average molecular weight is 877 g/mol. The van der Waals surface area contributed by atoms with Crippen molar-refractivity contribution >= 4 is 45.9 Å². The lowest BCUT2D eigenvalue weighted by Gasteiger charge is -2.63. The van der Waals surface area contributed by atoms with Crippen LogP contribution in [0.1, 0.15) is 79.7 Å². The predicted octanol–water partition coefficient (Wildman–Crippen LogP) is 4.87. The Balaban J connectivity index is 0.807. The van der Waals surface area contributed by atoms with Crippen LogP contribution in [0.15, 0.2) is 65.5 Å². The van der Waals surface area contributed by atoms with Crippen LogP contribution in [-0.2, 0) is 16.6 Å². The Hall–Kier alpha value is -6.34. The number of aryl methyl sites for hydroxylation is 1. The van der Waals surface area contributed by atoms with Crippen LogP contribution in [0.25, 0.3) is 10.9 Å². The average Bonchev–Trinajstić information content (AvgIpc) is 3.27. The summed E-state index contributed by atoms with van der Waals surface area (Å²) in [4.78, 5) is 68.7. The maximum absolute atomic E-state index is 15.8. The van der Waals surface area contributed by atoms with Crippen LogP contribution < -0.4 is 36.0 Å². The molecule has 0 spiro atoms. The lowest BCUT2D eigenvalue weighted by molar-refractivity contribution is -0.163. The number of halogens is 2. The molecule has 3 aromatic carbocycles. The smallest absolute Gasteiger partial charge is 0.254 e. The minimum Gasteiger partial charge on any atom is -0.488 e. The van der Waals surface area contributed by atoms with E-state index in [1.165, 1.54) is 28.8 Å². The van der Waals surface area contributed by atoms with Gasteiger partial charge in [0.2, 0.25) is 11.8 Å². The SMILES string of the molecule is Cn1c(=O)ccc2c(OC3C(C)(C)C(NC(=O)c4ccc(N5CCC(CN6CCN(c7ccc(C(=O)N[C@H]8CCC(=O)NC8=O)c(F)c7)CC6)CC5)c(F)c4)C3(C)C)ccc(C#N)c21. The number of nitrogens with zero attached hydrogens (tertiary/aromatic N) is 5. The topological polar surface area (TPSA) is 169 Å². The predicted molar refractivity (Wildman–Crippen MR) is 237 cm³/mol. The van der Waals surface area contributed by atoms with Gasteiger partial charge in [-0.3, -0.25) is 34.2 Å². The van der Waals surface area contributed by atoms with Crippen LogP contribution in [0.3, 0.4) is 0 Å². The first-order chi connectivity index (χ1) is 30.5. The molecule has 0 unspecified atom stereocenters. The molecule has 1 aromatic heterocycles. The molecule has 3 N–H and O–H groups in total. The molecule has 4 aliphatic rings. The number of hydrogen-bond donors (Lipinski definition) is 3. The lowest BCUT2D eigenvalue weighted by atomic mass is 9.49. The molecular weight excluding hydrogens is 823 g/mol. The van der Waals surface area contributed by atoms with Crippen molar-refractivity contribution in [3.8, 4) is 11.8 Å². The van der Waals surface area contributed by atoms with Crippen LogP contribution in [0.4, 0.5) is 20.2 Å². The molecule has 4 heterocycles. The number of imide groups is 1. The number of rotatable bonds is 10. The third-order valence-corrected chi connectivity index (χ3v) is 13.9. The van der Waals surface area contributed by atoms with Gasteiger partial charge in [0.15, 0.2) is 0 Å². The molecule has 4 aromatic rings. The van der Waals surface area contributed by atoms with E-state index in [-0.39, 0.29) is 47.6 Å². The summed E-state index contributed by atoms with van der Waals surface area (Å²) in [5, 5.41) is 18.2. The number of aromatic nitrogens is 1. The number of benzene rings is 3. The van der Waals surface area contributed by atoms with Gasteiger partial charge in [0.05, 0.1) is 22.3 Å². The van der Waals surface area contributed by atoms with Crippen LogP contribution in [-0.4, -0.2) is 97.1 Å². The zero-order valence-corrected chi connectivity index (χ0v) is 36.8. The fourth-order valence-electron chi connectivity index (χ4n) is 10.6. The van der Waals surface area contributed by atoms with Gasteiger partial charge in [-0.2, -0.15) is 5.26 Å². The summed E-state index contributed by atoms with van der Waals surface area (Å²) < 4.78 is 39.0. The van der Waals surface area contributed by atoms with Gasteiger partial charge in [-0.15, -0.1) is 0 Å². The van der Waals surface area contributed by atoms with E-state index >= 15 is 8.78 Å². The highest BCUT2D eigenvalue weighted by Gasteiger charge is 2.64. The number of amides is 4. The van der Waals surface area contributed by atoms with Crippen molar-refractivity contribution in [2.75, 3.05) is 55.6 Å². The van der Waals surface area contributed by atoms with Gasteiger partial charge >= 0.3 is 0 Å². The Morgan fingerprint density at radius 1 is 0.828 bits per heavy atom. The van der Waals surface area contributed by atoms with Crippen molar-refractivity contribution in [2.45, 2.75) is 71.6 Å². The zero-order chi connectivity index (χ0) is 45.7. The third-order valence-electron chi connectivity index (χ3n) is 13.9. The highest BCUT2D eigenvalue weighted by atomic mass is 19.1. The van der Waals surface area contributed by atoms with Crippen molar-refractivity contribution in [1.29, 1.82) is 5.26 Å². The molecule has 4 fully saturated rings. The first-order valence-electron chi connectivity index (χ1n) is 21.9. The van der Waals surface area contributed by atoms with E-state index in [0.717, 1.165) is 32.5 Å². The maximum atomic E-state index is 15.8. The summed E-state index contributed by atoms with van der Waals surface area (Å²) in [6, 6.07) is 16.6. The van der Waals surface area contributed by atoms with Gasteiger partial charge in [-0.05, 0) is 79.8 Å². The van der Waals surface area contributed by atoms with Gasteiger partial charge in [0, 0.05) is 98.9 Å². The third kappa shape index (κ3) is 8.41. The summed E-state index contributed by atoms with van der Waals surface area (Å²) >= 11 is 0. The van der Waals surface area contributed by atoms with Gasteiger partial charge in [-0.1, -0.05) is 27.7 Å². The number of ether oxygens (including phenoxy) is 1. The lowest BCUT2D eigenvalue weighted by Crippen LogP contribution is -2.74. The second kappa shape index (κ2) is 17.3. The van der Waals surface area contributed by atoms with Crippen LogP contribution in [0, 0.1) is 39.7 Å². The number of nitriles is 1. The van der Waals surface area contributed by atoms with Crippen molar-refractivity contribution in [3.05, 3.63) is 99.3 Å². The minimum absolute atomic E-state index is 0.107. The molecule has 8 rings (SSSR count).